The summed E-state index contributed by atoms with van der Waals surface area (Å²) in [6.45, 7) is 3.37. The molecule has 0 aromatic carbocycles. The number of nitrogens with one attached hydrogen (secondary N) is 1. The van der Waals surface area contributed by atoms with Gasteiger partial charge >= 0.3 is 5.97 Å². The van der Waals surface area contributed by atoms with Gasteiger partial charge in [-0.25, -0.2) is 4.79 Å². The van der Waals surface area contributed by atoms with E-state index in [1.165, 1.54) is 0 Å². The molecule has 1 fully saturated rings. The van der Waals surface area contributed by atoms with Gasteiger partial charge in [-0.2, -0.15) is 11.8 Å². The van der Waals surface area contributed by atoms with Gasteiger partial charge in [0.2, 0.25) is 5.76 Å². The molecule has 1 aromatic rings. The van der Waals surface area contributed by atoms with Crippen LogP contribution in [-0.4, -0.2) is 64.7 Å². The molecule has 7 nitrogen and oxygen atoms in total. The number of nitrogens with zero attached hydrogens (tertiary/aromatic N) is 2. The van der Waals surface area contributed by atoms with Crippen LogP contribution in [-0.2, 0) is 0 Å². The number of thioether (sulfide) groups is 1. The highest BCUT2D eigenvalue weighted by Gasteiger charge is 2.16. The summed E-state index contributed by atoms with van der Waals surface area (Å²) in [6, 6.07) is 1.12. The Morgan fingerprint density at radius 1 is 1.47 bits per heavy atom. The molecule has 0 spiro atoms. The molecule has 2 N–H and O–H groups in total. The Balaban J connectivity index is 1.75. The zero-order valence-corrected chi connectivity index (χ0v) is 11.1. The third-order valence-corrected chi connectivity index (χ3v) is 3.71. The summed E-state index contributed by atoms with van der Waals surface area (Å²) < 4.78 is 4.52. The van der Waals surface area contributed by atoms with Crippen LogP contribution in [0.5, 0.6) is 0 Å². The second-order valence-corrected chi connectivity index (χ2v) is 5.32. The van der Waals surface area contributed by atoms with Crippen LogP contribution in [0.4, 0.5) is 0 Å². The normalized spacial score (nSPS) is 16.2. The molecule has 1 aromatic heterocycles. The second-order valence-electron chi connectivity index (χ2n) is 4.09. The maximum absolute atomic E-state index is 11.7. The second kappa shape index (κ2) is 6.58. The Hall–Kier alpha value is -1.54. The van der Waals surface area contributed by atoms with Crippen molar-refractivity contribution < 1.29 is 19.2 Å². The van der Waals surface area contributed by atoms with E-state index in [9.17, 15) is 9.59 Å². The van der Waals surface area contributed by atoms with Crippen molar-refractivity contribution in [2.75, 3.05) is 37.7 Å². The van der Waals surface area contributed by atoms with Crippen molar-refractivity contribution in [2.45, 2.75) is 0 Å². The molecular formula is C11H15N3O4S. The molecule has 1 amide bonds. The number of aromatic nitrogens is 1. The van der Waals surface area contributed by atoms with E-state index in [0.717, 1.165) is 37.2 Å². The van der Waals surface area contributed by atoms with Crippen LogP contribution in [0.25, 0.3) is 0 Å². The van der Waals surface area contributed by atoms with E-state index in [2.05, 4.69) is 19.9 Å². The minimum Gasteiger partial charge on any atom is -0.475 e. The number of amides is 1. The average molecular weight is 285 g/mol. The highest BCUT2D eigenvalue weighted by atomic mass is 32.2. The molecule has 1 aliphatic rings. The first-order valence-corrected chi connectivity index (χ1v) is 7.10. The Labute approximate surface area is 114 Å². The number of rotatable bonds is 5. The van der Waals surface area contributed by atoms with Crippen molar-refractivity contribution in [3.8, 4) is 0 Å². The van der Waals surface area contributed by atoms with Crippen molar-refractivity contribution in [2.24, 2.45) is 0 Å². The highest BCUT2D eigenvalue weighted by molar-refractivity contribution is 7.99. The maximum atomic E-state index is 11.7. The summed E-state index contributed by atoms with van der Waals surface area (Å²) in [4.78, 5) is 24.5. The SMILES string of the molecule is O=C(NCCN1CCSCC1)c1cc(C(=O)O)on1. The smallest absolute Gasteiger partial charge is 0.374 e. The van der Waals surface area contributed by atoms with Crippen molar-refractivity contribution in [3.05, 3.63) is 17.5 Å². The lowest BCUT2D eigenvalue weighted by atomic mass is 10.3. The lowest BCUT2D eigenvalue weighted by Gasteiger charge is -2.25. The molecule has 104 valence electrons. The van der Waals surface area contributed by atoms with Gasteiger partial charge < -0.3 is 14.9 Å². The van der Waals surface area contributed by atoms with Crippen LogP contribution in [0.15, 0.2) is 10.6 Å². The summed E-state index contributed by atoms with van der Waals surface area (Å²) in [6.07, 6.45) is 0. The molecule has 0 unspecified atom stereocenters. The van der Waals surface area contributed by atoms with E-state index in [1.807, 2.05) is 11.8 Å². The lowest BCUT2D eigenvalue weighted by molar-refractivity contribution is 0.0651. The van der Waals surface area contributed by atoms with Gasteiger partial charge in [-0.05, 0) is 0 Å². The first-order chi connectivity index (χ1) is 9.16. The third kappa shape index (κ3) is 3.97. The van der Waals surface area contributed by atoms with Gasteiger partial charge in [0.25, 0.3) is 5.91 Å². The van der Waals surface area contributed by atoms with Crippen LogP contribution in [0.3, 0.4) is 0 Å². The predicted octanol–water partition coefficient (Wildman–Crippen LogP) is 0.151. The Kier molecular flexibility index (Phi) is 4.80. The van der Waals surface area contributed by atoms with Crippen molar-refractivity contribution >= 4 is 23.6 Å². The molecule has 1 saturated heterocycles. The van der Waals surface area contributed by atoms with Crippen molar-refractivity contribution in [1.29, 1.82) is 0 Å². The van der Waals surface area contributed by atoms with E-state index in [4.69, 9.17) is 5.11 Å². The highest BCUT2D eigenvalue weighted by Crippen LogP contribution is 2.08. The molecule has 1 aliphatic heterocycles. The van der Waals surface area contributed by atoms with Crippen molar-refractivity contribution in [1.82, 2.24) is 15.4 Å². The van der Waals surface area contributed by atoms with E-state index < -0.39 is 11.9 Å². The Morgan fingerprint density at radius 3 is 2.84 bits per heavy atom. The van der Waals surface area contributed by atoms with Gasteiger partial charge in [-0.1, -0.05) is 5.16 Å². The van der Waals surface area contributed by atoms with E-state index in [-0.39, 0.29) is 11.5 Å². The zero-order chi connectivity index (χ0) is 13.7. The minimum absolute atomic E-state index is 0.00778. The molecule has 0 radical (unpaired) electrons. The van der Waals surface area contributed by atoms with Crippen LogP contribution in [0, 0.1) is 0 Å². The van der Waals surface area contributed by atoms with E-state index in [1.54, 1.807) is 0 Å². The first kappa shape index (κ1) is 13.9. The largest absolute Gasteiger partial charge is 0.475 e. The maximum Gasteiger partial charge on any atom is 0.374 e. The van der Waals surface area contributed by atoms with E-state index in [0.29, 0.717) is 6.54 Å². The standard InChI is InChI=1S/C11H15N3O4S/c15-10(8-7-9(11(16)17)18-13-8)12-1-2-14-3-5-19-6-4-14/h7H,1-6H2,(H,12,15)(H,16,17). The van der Waals surface area contributed by atoms with Gasteiger partial charge in [0.05, 0.1) is 0 Å². The van der Waals surface area contributed by atoms with Crippen LogP contribution >= 0.6 is 11.8 Å². The third-order valence-electron chi connectivity index (χ3n) is 2.77. The number of carboxylic acid groups (broad SMARTS) is 1. The van der Waals surface area contributed by atoms with Crippen molar-refractivity contribution in [3.63, 3.8) is 0 Å². The molecule has 2 rings (SSSR count). The quantitative estimate of drug-likeness (QED) is 0.795. The van der Waals surface area contributed by atoms with Gasteiger partial charge in [0.15, 0.2) is 5.69 Å². The first-order valence-electron chi connectivity index (χ1n) is 5.95. The molecule has 2 heterocycles. The number of carbonyl (C=O) groups is 2. The number of hydrogen-bond donors (Lipinski definition) is 2. The summed E-state index contributed by atoms with van der Waals surface area (Å²) in [5.41, 5.74) is -0.00778. The fraction of sp³-hybridized carbons (Fsp3) is 0.545. The minimum atomic E-state index is -1.24. The van der Waals surface area contributed by atoms with Crippen LogP contribution in [0.2, 0.25) is 0 Å². The van der Waals surface area contributed by atoms with Gasteiger partial charge in [-0.3, -0.25) is 9.69 Å². The molecule has 19 heavy (non-hydrogen) atoms. The molecule has 0 saturated carbocycles. The Morgan fingerprint density at radius 2 is 2.21 bits per heavy atom. The molecule has 0 bridgehead atoms. The Bertz CT molecular complexity index is 457. The summed E-state index contributed by atoms with van der Waals surface area (Å²) >= 11 is 1.93. The topological polar surface area (TPSA) is 95.7 Å². The summed E-state index contributed by atoms with van der Waals surface area (Å²) in [5, 5.41) is 14.8. The molecular weight excluding hydrogens is 270 g/mol. The van der Waals surface area contributed by atoms with Gasteiger partial charge in [0.1, 0.15) is 0 Å². The average Bonchev–Trinajstić information content (AvgIpc) is 2.89. The number of aromatic carboxylic acids is 1. The molecule has 0 aliphatic carbocycles. The predicted molar refractivity (Wildman–Crippen MR) is 69.6 cm³/mol. The fourth-order valence-corrected chi connectivity index (χ4v) is 2.70. The van der Waals surface area contributed by atoms with Gasteiger partial charge in [0, 0.05) is 43.8 Å². The number of carboxylic acids is 1. The lowest BCUT2D eigenvalue weighted by Crippen LogP contribution is -2.39. The number of carbonyl (C=O) groups excluding carboxylic acids is 1. The van der Waals surface area contributed by atoms with Gasteiger partial charge in [-0.15, -0.1) is 0 Å². The summed E-state index contributed by atoms with van der Waals surface area (Å²) in [7, 11) is 0. The van der Waals surface area contributed by atoms with Crippen LogP contribution in [0.1, 0.15) is 21.0 Å². The summed E-state index contributed by atoms with van der Waals surface area (Å²) in [5.74, 6) is 0.261. The van der Waals surface area contributed by atoms with Crippen LogP contribution < -0.4 is 5.32 Å². The monoisotopic (exact) mass is 285 g/mol. The zero-order valence-electron chi connectivity index (χ0n) is 10.3. The number of hydrogen-bond acceptors (Lipinski definition) is 6. The van der Waals surface area contributed by atoms with E-state index >= 15 is 0 Å². The molecule has 8 heteroatoms. The molecule has 0 atom stereocenters. The fourth-order valence-electron chi connectivity index (χ4n) is 1.73.